The van der Waals surface area contributed by atoms with Gasteiger partial charge in [0.05, 0.1) is 11.0 Å². The van der Waals surface area contributed by atoms with Gasteiger partial charge in [-0.05, 0) is 6.07 Å². The lowest BCUT2D eigenvalue weighted by molar-refractivity contribution is -0.387. The van der Waals surface area contributed by atoms with Crippen LogP contribution >= 0.6 is 11.6 Å². The number of rotatable bonds is 4. The van der Waals surface area contributed by atoms with Crippen molar-refractivity contribution >= 4 is 17.3 Å². The maximum absolute atomic E-state index is 13.1. The third kappa shape index (κ3) is 3.07. The highest BCUT2D eigenvalue weighted by atomic mass is 35.5. The van der Waals surface area contributed by atoms with Gasteiger partial charge in [-0.1, -0.05) is 0 Å². The molecular formula is C9H6ClFN2O3. The van der Waals surface area contributed by atoms with Crippen molar-refractivity contribution in [3.63, 3.8) is 0 Å². The van der Waals surface area contributed by atoms with Gasteiger partial charge in [0.1, 0.15) is 12.4 Å². The minimum atomic E-state index is -0.995. The third-order valence-corrected chi connectivity index (χ3v) is 1.88. The van der Waals surface area contributed by atoms with Gasteiger partial charge in [0, 0.05) is 12.1 Å². The molecular weight excluding hydrogens is 239 g/mol. The van der Waals surface area contributed by atoms with Crippen LogP contribution in [0.15, 0.2) is 18.2 Å². The molecule has 7 heteroatoms. The molecule has 0 aliphatic rings. The van der Waals surface area contributed by atoms with E-state index in [4.69, 9.17) is 21.6 Å². The standard InChI is InChI=1S/C9H6ClFN2O3/c10-6(4-12)5-16-7-1-2-9(13(14)15)8(11)3-7/h1-3,6H,5H2. The topological polar surface area (TPSA) is 76.2 Å². The molecule has 0 saturated heterocycles. The monoisotopic (exact) mass is 244 g/mol. The number of ether oxygens (including phenoxy) is 1. The normalized spacial score (nSPS) is 11.6. The zero-order valence-electron chi connectivity index (χ0n) is 7.89. The van der Waals surface area contributed by atoms with Gasteiger partial charge in [-0.3, -0.25) is 10.1 Å². The van der Waals surface area contributed by atoms with Crippen molar-refractivity contribution in [3.8, 4) is 11.8 Å². The van der Waals surface area contributed by atoms with E-state index in [0.717, 1.165) is 12.1 Å². The highest BCUT2D eigenvalue weighted by Gasteiger charge is 2.14. The first kappa shape index (κ1) is 12.2. The van der Waals surface area contributed by atoms with Crippen LogP contribution in [0, 0.1) is 27.3 Å². The van der Waals surface area contributed by atoms with Crippen LogP contribution < -0.4 is 4.74 Å². The summed E-state index contributed by atoms with van der Waals surface area (Å²) in [6.45, 7) is -0.116. The van der Waals surface area contributed by atoms with Crippen LogP contribution in [0.4, 0.5) is 10.1 Å². The summed E-state index contributed by atoms with van der Waals surface area (Å²) in [4.78, 5) is 9.47. The Hall–Kier alpha value is -1.87. The Balaban J connectivity index is 2.75. The Morgan fingerprint density at radius 2 is 2.38 bits per heavy atom. The zero-order valence-corrected chi connectivity index (χ0v) is 8.65. The van der Waals surface area contributed by atoms with Gasteiger partial charge < -0.3 is 4.74 Å². The molecule has 5 nitrogen and oxygen atoms in total. The number of hydrogen-bond donors (Lipinski definition) is 0. The first-order valence-electron chi connectivity index (χ1n) is 4.15. The van der Waals surface area contributed by atoms with Crippen LogP contribution in [0.2, 0.25) is 0 Å². The predicted octanol–water partition coefficient (Wildman–Crippen LogP) is 2.24. The van der Waals surface area contributed by atoms with Crippen molar-refractivity contribution in [2.45, 2.75) is 5.38 Å². The fourth-order valence-electron chi connectivity index (χ4n) is 0.932. The molecule has 0 spiro atoms. The number of nitrogens with zero attached hydrogens (tertiary/aromatic N) is 2. The Kier molecular flexibility index (Phi) is 4.03. The molecule has 1 aromatic carbocycles. The molecule has 0 heterocycles. The molecule has 16 heavy (non-hydrogen) atoms. The Bertz CT molecular complexity index is 447. The van der Waals surface area contributed by atoms with Crippen molar-refractivity contribution in [3.05, 3.63) is 34.1 Å². The van der Waals surface area contributed by atoms with E-state index in [9.17, 15) is 14.5 Å². The number of hydrogen-bond acceptors (Lipinski definition) is 4. The van der Waals surface area contributed by atoms with Crippen LogP contribution in [-0.2, 0) is 0 Å². The van der Waals surface area contributed by atoms with Gasteiger partial charge in [-0.2, -0.15) is 9.65 Å². The van der Waals surface area contributed by atoms with Crippen LogP contribution in [0.25, 0.3) is 0 Å². The summed E-state index contributed by atoms with van der Waals surface area (Å²) in [5.74, 6) is -0.908. The Labute approximate surface area is 95.2 Å². The molecule has 0 bridgehead atoms. The molecule has 0 radical (unpaired) electrons. The van der Waals surface area contributed by atoms with E-state index >= 15 is 0 Å². The Morgan fingerprint density at radius 1 is 1.69 bits per heavy atom. The molecule has 1 aromatic rings. The van der Waals surface area contributed by atoms with Crippen molar-refractivity contribution in [1.82, 2.24) is 0 Å². The summed E-state index contributed by atoms with van der Waals surface area (Å²) in [5, 5.41) is 17.8. The fraction of sp³-hybridized carbons (Fsp3) is 0.222. The second-order valence-corrected chi connectivity index (χ2v) is 3.30. The van der Waals surface area contributed by atoms with Crippen molar-refractivity contribution in [1.29, 1.82) is 5.26 Å². The molecule has 1 unspecified atom stereocenters. The maximum atomic E-state index is 13.1. The second kappa shape index (κ2) is 5.28. The van der Waals surface area contributed by atoms with Crippen molar-refractivity contribution < 1.29 is 14.1 Å². The molecule has 1 atom stereocenters. The molecule has 1 rings (SSSR count). The van der Waals surface area contributed by atoms with E-state index in [1.54, 1.807) is 6.07 Å². The average Bonchev–Trinajstić information content (AvgIpc) is 2.25. The number of benzene rings is 1. The molecule has 0 saturated carbocycles. The highest BCUT2D eigenvalue weighted by Crippen LogP contribution is 2.22. The summed E-state index contributed by atoms with van der Waals surface area (Å²) < 4.78 is 18.0. The quantitative estimate of drug-likeness (QED) is 0.462. The number of nitriles is 1. The zero-order chi connectivity index (χ0) is 12.1. The SMILES string of the molecule is N#CC(Cl)COc1ccc([N+](=O)[O-])c(F)c1. The van der Waals surface area contributed by atoms with Crippen molar-refractivity contribution in [2.75, 3.05) is 6.61 Å². The van der Waals surface area contributed by atoms with Gasteiger partial charge in [0.25, 0.3) is 0 Å². The number of alkyl halides is 1. The van der Waals surface area contributed by atoms with Crippen LogP contribution in [0.5, 0.6) is 5.75 Å². The lowest BCUT2D eigenvalue weighted by Gasteiger charge is -2.05. The predicted molar refractivity (Wildman–Crippen MR) is 53.8 cm³/mol. The van der Waals surface area contributed by atoms with Crippen molar-refractivity contribution in [2.24, 2.45) is 0 Å². The highest BCUT2D eigenvalue weighted by molar-refractivity contribution is 6.22. The maximum Gasteiger partial charge on any atom is 0.305 e. The average molecular weight is 245 g/mol. The van der Waals surface area contributed by atoms with Gasteiger partial charge in [0.2, 0.25) is 5.82 Å². The van der Waals surface area contributed by atoms with Crippen LogP contribution in [0.3, 0.4) is 0 Å². The molecule has 84 valence electrons. The Morgan fingerprint density at radius 3 is 2.88 bits per heavy atom. The molecule has 0 fully saturated rings. The van der Waals surface area contributed by atoms with E-state index in [-0.39, 0.29) is 12.4 Å². The summed E-state index contributed by atoms with van der Waals surface area (Å²) in [6, 6.07) is 4.82. The molecule has 0 aliphatic carbocycles. The van der Waals surface area contributed by atoms with Gasteiger partial charge in [-0.25, -0.2) is 0 Å². The lowest BCUT2D eigenvalue weighted by Crippen LogP contribution is -2.09. The van der Waals surface area contributed by atoms with E-state index < -0.39 is 21.8 Å². The van der Waals surface area contributed by atoms with E-state index in [2.05, 4.69) is 0 Å². The first-order valence-corrected chi connectivity index (χ1v) is 4.58. The number of nitro benzene ring substituents is 1. The van der Waals surface area contributed by atoms with E-state index in [1.165, 1.54) is 6.07 Å². The molecule has 0 aliphatic heterocycles. The van der Waals surface area contributed by atoms with Crippen LogP contribution in [0.1, 0.15) is 0 Å². The summed E-state index contributed by atoms with van der Waals surface area (Å²) in [6.07, 6.45) is 0. The van der Waals surface area contributed by atoms with Gasteiger partial charge in [0.15, 0.2) is 5.38 Å². The second-order valence-electron chi connectivity index (χ2n) is 2.78. The summed E-state index contributed by atoms with van der Waals surface area (Å²) in [5.41, 5.74) is -0.630. The molecule has 0 aromatic heterocycles. The minimum Gasteiger partial charge on any atom is -0.491 e. The smallest absolute Gasteiger partial charge is 0.305 e. The largest absolute Gasteiger partial charge is 0.491 e. The molecule has 0 N–H and O–H groups in total. The first-order chi connectivity index (χ1) is 7.54. The van der Waals surface area contributed by atoms with Gasteiger partial charge >= 0.3 is 5.69 Å². The van der Waals surface area contributed by atoms with E-state index in [0.29, 0.717) is 0 Å². The molecule has 0 amide bonds. The van der Waals surface area contributed by atoms with Crippen LogP contribution in [-0.4, -0.2) is 16.9 Å². The number of halogens is 2. The number of nitro groups is 1. The third-order valence-electron chi connectivity index (χ3n) is 1.65. The lowest BCUT2D eigenvalue weighted by atomic mass is 10.3. The van der Waals surface area contributed by atoms with Gasteiger partial charge in [-0.15, -0.1) is 11.6 Å². The minimum absolute atomic E-state index is 0.0870. The summed E-state index contributed by atoms with van der Waals surface area (Å²) >= 11 is 5.45. The fourth-order valence-corrected chi connectivity index (χ4v) is 0.995. The van der Waals surface area contributed by atoms with E-state index in [1.807, 2.05) is 0 Å². The summed E-state index contributed by atoms with van der Waals surface area (Å²) in [7, 11) is 0.